The molecule has 1 unspecified atom stereocenters. The minimum atomic E-state index is 0.226. The van der Waals surface area contributed by atoms with Gasteiger partial charge in [0.2, 0.25) is 0 Å². The van der Waals surface area contributed by atoms with Crippen molar-refractivity contribution in [2.45, 2.75) is 31.6 Å². The number of halogens is 1. The molecule has 0 saturated carbocycles. The van der Waals surface area contributed by atoms with Crippen LogP contribution in [0.5, 0.6) is 0 Å². The van der Waals surface area contributed by atoms with E-state index in [1.807, 2.05) is 6.07 Å². The lowest BCUT2D eigenvalue weighted by molar-refractivity contribution is 0.478. The molecule has 0 radical (unpaired) electrons. The summed E-state index contributed by atoms with van der Waals surface area (Å²) >= 11 is 6.01. The fourth-order valence-corrected chi connectivity index (χ4v) is 2.69. The van der Waals surface area contributed by atoms with Crippen LogP contribution in [0.2, 0.25) is 5.02 Å². The van der Waals surface area contributed by atoms with E-state index >= 15 is 0 Å². The summed E-state index contributed by atoms with van der Waals surface area (Å²) in [6.07, 6.45) is 1.14. The van der Waals surface area contributed by atoms with Crippen LogP contribution >= 0.6 is 11.6 Å². The number of hydrogen-bond acceptors (Lipinski definition) is 1. The maximum absolute atomic E-state index is 6.01. The van der Waals surface area contributed by atoms with E-state index in [2.05, 4.69) is 26.0 Å². The van der Waals surface area contributed by atoms with Crippen LogP contribution in [-0.4, -0.2) is 6.54 Å². The molecule has 0 spiro atoms. The molecule has 2 heteroatoms. The molecule has 0 bridgehead atoms. The summed E-state index contributed by atoms with van der Waals surface area (Å²) in [6.45, 7) is 5.26. The van der Waals surface area contributed by atoms with Gasteiger partial charge in [0.1, 0.15) is 0 Å². The molecule has 0 aromatic heterocycles. The van der Waals surface area contributed by atoms with Gasteiger partial charge in [-0.05, 0) is 47.6 Å². The molecule has 2 N–H and O–H groups in total. The number of hydrogen-bond donors (Lipinski definition) is 1. The Morgan fingerprint density at radius 1 is 1.50 bits per heavy atom. The minimum absolute atomic E-state index is 0.226. The lowest BCUT2D eigenvalue weighted by Gasteiger charge is -2.19. The van der Waals surface area contributed by atoms with Crippen molar-refractivity contribution in [1.82, 2.24) is 0 Å². The Labute approximate surface area is 90.3 Å². The Morgan fingerprint density at radius 3 is 2.86 bits per heavy atom. The zero-order valence-corrected chi connectivity index (χ0v) is 9.43. The summed E-state index contributed by atoms with van der Waals surface area (Å²) in [5.74, 6) is 0.511. The summed E-state index contributed by atoms with van der Waals surface area (Å²) in [6, 6.07) is 6.18. The summed E-state index contributed by atoms with van der Waals surface area (Å²) in [5.41, 5.74) is 8.77. The lowest BCUT2D eigenvalue weighted by Crippen LogP contribution is -2.15. The maximum Gasteiger partial charge on any atom is 0.0409 e. The molecule has 2 rings (SSSR count). The number of nitrogens with two attached hydrogens (primary N) is 1. The first-order chi connectivity index (χ1) is 6.54. The Bertz CT molecular complexity index is 357. The summed E-state index contributed by atoms with van der Waals surface area (Å²) < 4.78 is 0. The highest BCUT2D eigenvalue weighted by Gasteiger charge is 2.35. The minimum Gasteiger partial charge on any atom is -0.330 e. The van der Waals surface area contributed by atoms with Gasteiger partial charge in [-0.25, -0.2) is 0 Å². The zero-order valence-electron chi connectivity index (χ0n) is 8.68. The van der Waals surface area contributed by atoms with Crippen LogP contribution < -0.4 is 5.73 Å². The third-order valence-corrected chi connectivity index (χ3v) is 3.46. The zero-order chi connectivity index (χ0) is 10.3. The third kappa shape index (κ3) is 1.45. The Kier molecular flexibility index (Phi) is 2.32. The van der Waals surface area contributed by atoms with E-state index in [-0.39, 0.29) is 5.41 Å². The van der Waals surface area contributed by atoms with Gasteiger partial charge < -0.3 is 5.73 Å². The van der Waals surface area contributed by atoms with Crippen LogP contribution in [0.15, 0.2) is 18.2 Å². The van der Waals surface area contributed by atoms with Crippen molar-refractivity contribution in [2.75, 3.05) is 6.54 Å². The summed E-state index contributed by atoms with van der Waals surface area (Å²) in [5, 5.41) is 0.828. The second-order valence-electron chi connectivity index (χ2n) is 4.75. The Balaban J connectivity index is 2.54. The van der Waals surface area contributed by atoms with Crippen molar-refractivity contribution < 1.29 is 0 Å². The highest BCUT2D eigenvalue weighted by Crippen LogP contribution is 2.45. The molecule has 14 heavy (non-hydrogen) atoms. The molecular weight excluding hydrogens is 194 g/mol. The third-order valence-electron chi connectivity index (χ3n) is 3.23. The highest BCUT2D eigenvalue weighted by atomic mass is 35.5. The van der Waals surface area contributed by atoms with E-state index in [4.69, 9.17) is 17.3 Å². The van der Waals surface area contributed by atoms with Crippen LogP contribution in [0.4, 0.5) is 0 Å². The maximum atomic E-state index is 6.01. The molecule has 1 aromatic rings. The average Bonchev–Trinajstić information content (AvgIpc) is 2.38. The van der Waals surface area contributed by atoms with Gasteiger partial charge in [-0.1, -0.05) is 31.5 Å². The highest BCUT2D eigenvalue weighted by molar-refractivity contribution is 6.30. The van der Waals surface area contributed by atoms with Crippen LogP contribution in [0.3, 0.4) is 0 Å². The lowest BCUT2D eigenvalue weighted by atomic mass is 9.86. The quantitative estimate of drug-likeness (QED) is 0.756. The standard InChI is InChI=1S/C12H16ClN/c1-12(2)6-8(7-14)10-4-3-9(13)5-11(10)12/h3-5,8H,6-7,14H2,1-2H3. The van der Waals surface area contributed by atoms with Crippen molar-refractivity contribution in [3.8, 4) is 0 Å². The van der Waals surface area contributed by atoms with Gasteiger partial charge in [-0.3, -0.25) is 0 Å². The van der Waals surface area contributed by atoms with E-state index < -0.39 is 0 Å². The molecule has 1 aliphatic carbocycles. The molecular formula is C12H16ClN. The van der Waals surface area contributed by atoms with E-state index in [1.165, 1.54) is 11.1 Å². The molecule has 1 aliphatic rings. The predicted octanol–water partition coefficient (Wildman–Crippen LogP) is 3.06. The first kappa shape index (κ1) is 10.0. The Morgan fingerprint density at radius 2 is 2.21 bits per heavy atom. The fourth-order valence-electron chi connectivity index (χ4n) is 2.52. The SMILES string of the molecule is CC1(C)CC(CN)c2ccc(Cl)cc21. The van der Waals surface area contributed by atoms with Crippen LogP contribution in [0.25, 0.3) is 0 Å². The van der Waals surface area contributed by atoms with Crippen molar-refractivity contribution >= 4 is 11.6 Å². The normalized spacial score (nSPS) is 23.6. The van der Waals surface area contributed by atoms with Crippen molar-refractivity contribution in [2.24, 2.45) is 5.73 Å². The molecule has 0 amide bonds. The monoisotopic (exact) mass is 209 g/mol. The molecule has 0 heterocycles. The van der Waals surface area contributed by atoms with Crippen molar-refractivity contribution in [3.05, 3.63) is 34.3 Å². The number of benzene rings is 1. The van der Waals surface area contributed by atoms with Gasteiger partial charge in [-0.15, -0.1) is 0 Å². The molecule has 0 saturated heterocycles. The van der Waals surface area contributed by atoms with Crippen LogP contribution in [0.1, 0.15) is 37.3 Å². The molecule has 1 nitrogen and oxygen atoms in total. The summed E-state index contributed by atoms with van der Waals surface area (Å²) in [7, 11) is 0. The van der Waals surface area contributed by atoms with Crippen molar-refractivity contribution in [1.29, 1.82) is 0 Å². The Hall–Kier alpha value is -0.530. The van der Waals surface area contributed by atoms with Gasteiger partial charge in [0.25, 0.3) is 0 Å². The fraction of sp³-hybridized carbons (Fsp3) is 0.500. The predicted molar refractivity (Wildman–Crippen MR) is 60.9 cm³/mol. The topological polar surface area (TPSA) is 26.0 Å². The first-order valence-corrected chi connectivity index (χ1v) is 5.42. The van der Waals surface area contributed by atoms with Gasteiger partial charge in [-0.2, -0.15) is 0 Å². The largest absolute Gasteiger partial charge is 0.330 e. The van der Waals surface area contributed by atoms with Crippen molar-refractivity contribution in [3.63, 3.8) is 0 Å². The van der Waals surface area contributed by atoms with E-state index in [0.717, 1.165) is 18.0 Å². The number of fused-ring (bicyclic) bond motifs is 1. The molecule has 0 fully saturated rings. The van der Waals surface area contributed by atoms with Crippen LogP contribution in [-0.2, 0) is 5.41 Å². The van der Waals surface area contributed by atoms with Crippen LogP contribution in [0, 0.1) is 0 Å². The average molecular weight is 210 g/mol. The summed E-state index contributed by atoms with van der Waals surface area (Å²) in [4.78, 5) is 0. The smallest absolute Gasteiger partial charge is 0.0409 e. The van der Waals surface area contributed by atoms with Gasteiger partial charge in [0, 0.05) is 5.02 Å². The first-order valence-electron chi connectivity index (χ1n) is 5.04. The van der Waals surface area contributed by atoms with E-state index in [0.29, 0.717) is 5.92 Å². The van der Waals surface area contributed by atoms with Gasteiger partial charge in [0.15, 0.2) is 0 Å². The van der Waals surface area contributed by atoms with Gasteiger partial charge in [0.05, 0.1) is 0 Å². The molecule has 0 aliphatic heterocycles. The second-order valence-corrected chi connectivity index (χ2v) is 5.19. The molecule has 76 valence electrons. The second kappa shape index (κ2) is 3.25. The van der Waals surface area contributed by atoms with E-state index in [1.54, 1.807) is 0 Å². The molecule has 1 aromatic carbocycles. The number of rotatable bonds is 1. The van der Waals surface area contributed by atoms with Gasteiger partial charge >= 0.3 is 0 Å². The molecule has 1 atom stereocenters. The van der Waals surface area contributed by atoms with E-state index in [9.17, 15) is 0 Å².